The number of nitriles is 1. The van der Waals surface area contributed by atoms with Crippen LogP contribution in [0.4, 0.5) is 17.5 Å². The molecule has 3 aliphatic rings. The zero-order chi connectivity index (χ0) is 25.0. The van der Waals surface area contributed by atoms with Crippen molar-refractivity contribution in [3.63, 3.8) is 0 Å². The van der Waals surface area contributed by atoms with Gasteiger partial charge < -0.3 is 14.7 Å². The van der Waals surface area contributed by atoms with E-state index >= 15 is 0 Å². The van der Waals surface area contributed by atoms with Crippen molar-refractivity contribution in [2.24, 2.45) is 0 Å². The number of piperazine rings is 1. The average molecular weight is 511 g/mol. The van der Waals surface area contributed by atoms with E-state index in [1.165, 1.54) is 11.8 Å². The molecule has 2 atom stereocenters. The van der Waals surface area contributed by atoms with Gasteiger partial charge in [0.15, 0.2) is 5.82 Å². The molecule has 0 saturated carbocycles. The van der Waals surface area contributed by atoms with Gasteiger partial charge in [0.1, 0.15) is 29.1 Å². The normalized spacial score (nSPS) is 25.1. The molecule has 184 valence electrons. The van der Waals surface area contributed by atoms with Crippen molar-refractivity contribution >= 4 is 46.9 Å². The van der Waals surface area contributed by atoms with Crippen molar-refractivity contribution in [1.82, 2.24) is 25.1 Å². The molecule has 2 aromatic heterocycles. The van der Waals surface area contributed by atoms with Crippen molar-refractivity contribution in [3.8, 4) is 6.07 Å². The summed E-state index contributed by atoms with van der Waals surface area (Å²) in [5.41, 5.74) is 1.35. The van der Waals surface area contributed by atoms with Gasteiger partial charge >= 0.3 is 0 Å². The summed E-state index contributed by atoms with van der Waals surface area (Å²) in [6, 6.07) is 4.12. The molecule has 5 heterocycles. The molecule has 0 aromatic carbocycles. The highest BCUT2D eigenvalue weighted by Gasteiger charge is 2.46. The summed E-state index contributed by atoms with van der Waals surface area (Å²) in [5, 5.41) is 18.9. The van der Waals surface area contributed by atoms with Gasteiger partial charge in [-0.15, -0.1) is 33.7 Å². The van der Waals surface area contributed by atoms with Gasteiger partial charge in [-0.2, -0.15) is 5.26 Å². The highest BCUT2D eigenvalue weighted by Crippen LogP contribution is 2.47. The lowest BCUT2D eigenvalue weighted by molar-refractivity contribution is -0.136. The zero-order valence-electron chi connectivity index (χ0n) is 20.8. The Morgan fingerprint density at radius 2 is 1.97 bits per heavy atom. The molecule has 0 aliphatic carbocycles. The number of nitrogens with zero attached hydrogens (tertiary/aromatic N) is 8. The molecule has 1 amide bonds. The summed E-state index contributed by atoms with van der Waals surface area (Å²) < 4.78 is -0.260. The van der Waals surface area contributed by atoms with Crippen LogP contribution in [0, 0.1) is 11.3 Å². The summed E-state index contributed by atoms with van der Waals surface area (Å²) in [5.74, 6) is 3.67. The van der Waals surface area contributed by atoms with E-state index in [0.717, 1.165) is 42.5 Å². The summed E-state index contributed by atoms with van der Waals surface area (Å²) >= 11 is 3.17. The minimum Gasteiger partial charge on any atom is -0.352 e. The third kappa shape index (κ3) is 4.00. The highest BCUT2D eigenvalue weighted by molar-refractivity contribution is 8.02. The van der Waals surface area contributed by atoms with Gasteiger partial charge in [-0.05, 0) is 32.3 Å². The van der Waals surface area contributed by atoms with E-state index in [0.29, 0.717) is 29.5 Å². The summed E-state index contributed by atoms with van der Waals surface area (Å²) in [6.45, 7) is 11.4. The minimum atomic E-state index is -0.260. The summed E-state index contributed by atoms with van der Waals surface area (Å²) in [7, 11) is 0. The van der Waals surface area contributed by atoms with Gasteiger partial charge in [0, 0.05) is 49.3 Å². The molecule has 0 spiro atoms. The van der Waals surface area contributed by atoms with Crippen LogP contribution in [0.2, 0.25) is 0 Å². The number of hydrogen-bond donors (Lipinski definition) is 0. The monoisotopic (exact) mass is 510 g/mol. The molecule has 0 bridgehead atoms. The van der Waals surface area contributed by atoms with Gasteiger partial charge in [0.05, 0.1) is 10.3 Å². The fraction of sp³-hybridized carbons (Fsp3) is 0.583. The topological polar surface area (TPSA) is 102 Å². The first-order valence-corrected chi connectivity index (χ1v) is 14.0. The van der Waals surface area contributed by atoms with Crippen LogP contribution >= 0.6 is 23.5 Å². The Bertz CT molecular complexity index is 1210. The van der Waals surface area contributed by atoms with Crippen LogP contribution in [0.3, 0.4) is 0 Å². The number of carbonyl (C=O) groups excluding carboxylic acids is 1. The lowest BCUT2D eigenvalue weighted by atomic mass is 9.87. The Labute approximate surface area is 214 Å². The van der Waals surface area contributed by atoms with Gasteiger partial charge in [-0.25, -0.2) is 9.97 Å². The Hall–Kier alpha value is -2.58. The molecular weight excluding hydrogens is 480 g/mol. The van der Waals surface area contributed by atoms with E-state index < -0.39 is 0 Å². The molecule has 5 rings (SSSR count). The van der Waals surface area contributed by atoms with E-state index in [2.05, 4.69) is 53.8 Å². The molecule has 2 fully saturated rings. The first-order chi connectivity index (χ1) is 16.7. The molecule has 0 radical (unpaired) electrons. The number of anilines is 3. The Morgan fingerprint density at radius 1 is 1.23 bits per heavy atom. The largest absolute Gasteiger partial charge is 0.352 e. The van der Waals surface area contributed by atoms with Crippen LogP contribution in [0.25, 0.3) is 0 Å². The molecular formula is C24H30N8OS2. The van der Waals surface area contributed by atoms with E-state index in [4.69, 9.17) is 4.98 Å². The number of aromatic nitrogens is 4. The van der Waals surface area contributed by atoms with Crippen molar-refractivity contribution in [3.05, 3.63) is 23.5 Å². The Morgan fingerprint density at radius 3 is 2.60 bits per heavy atom. The van der Waals surface area contributed by atoms with Crippen LogP contribution in [0.15, 0.2) is 17.4 Å². The van der Waals surface area contributed by atoms with Crippen molar-refractivity contribution in [1.29, 1.82) is 5.26 Å². The number of carbonyl (C=O) groups is 1. The van der Waals surface area contributed by atoms with Crippen molar-refractivity contribution < 1.29 is 4.79 Å². The molecule has 35 heavy (non-hydrogen) atoms. The van der Waals surface area contributed by atoms with Crippen LogP contribution in [-0.4, -0.2) is 79.9 Å². The smallest absolute Gasteiger partial charge is 0.238 e. The summed E-state index contributed by atoms with van der Waals surface area (Å²) in [4.78, 5) is 28.9. The lowest BCUT2D eigenvalue weighted by Gasteiger charge is -2.46. The van der Waals surface area contributed by atoms with Gasteiger partial charge in [0.2, 0.25) is 5.91 Å². The second kappa shape index (κ2) is 8.82. The maximum atomic E-state index is 13.2. The molecule has 0 N–H and O–H groups in total. The number of amides is 1. The van der Waals surface area contributed by atoms with E-state index in [1.54, 1.807) is 24.2 Å². The van der Waals surface area contributed by atoms with Crippen molar-refractivity contribution in [2.45, 2.75) is 55.3 Å². The molecule has 11 heteroatoms. The first-order valence-electron chi connectivity index (χ1n) is 11.8. The molecule has 2 aromatic rings. The fourth-order valence-electron chi connectivity index (χ4n) is 5.22. The number of fused-ring (bicyclic) bond motifs is 1. The van der Waals surface area contributed by atoms with E-state index in [1.807, 2.05) is 16.1 Å². The average Bonchev–Trinajstić information content (AvgIpc) is 3.12. The van der Waals surface area contributed by atoms with Crippen LogP contribution in [0.1, 0.15) is 45.2 Å². The maximum Gasteiger partial charge on any atom is 0.238 e. The van der Waals surface area contributed by atoms with Gasteiger partial charge in [-0.1, -0.05) is 13.8 Å². The molecule has 1 unspecified atom stereocenters. The third-order valence-electron chi connectivity index (χ3n) is 7.27. The SMILES string of the molecule is CSc1nnc(N2CC(C)(C)c3c(N4CCN(C(=O)[C@]5(C)CCS5)C(C)C4)ncnc32)cc1C#N. The number of rotatable bonds is 4. The van der Waals surface area contributed by atoms with E-state index in [-0.39, 0.29) is 22.1 Å². The maximum absolute atomic E-state index is 13.2. The number of hydrogen-bond acceptors (Lipinski definition) is 10. The Kier molecular flexibility index (Phi) is 6.08. The Balaban J connectivity index is 1.44. The van der Waals surface area contributed by atoms with Crippen LogP contribution < -0.4 is 9.80 Å². The quantitative estimate of drug-likeness (QED) is 0.570. The summed E-state index contributed by atoms with van der Waals surface area (Å²) in [6.07, 6.45) is 4.45. The van der Waals surface area contributed by atoms with Gasteiger partial charge in [0.25, 0.3) is 0 Å². The molecule has 9 nitrogen and oxygen atoms in total. The second-order valence-corrected chi connectivity index (χ2v) is 12.6. The predicted molar refractivity (Wildman–Crippen MR) is 139 cm³/mol. The predicted octanol–water partition coefficient (Wildman–Crippen LogP) is 3.22. The molecule has 2 saturated heterocycles. The lowest BCUT2D eigenvalue weighted by Crippen LogP contribution is -2.60. The standard InChI is InChI=1S/C24H30N8OS2/c1-15-12-30(7-8-31(15)22(33)24(4)6-9-35-24)19-18-20(27-14-26-19)32(13-23(18,2)3)17-10-16(11-25)21(34-5)29-28-17/h10,14-15H,6-9,12-13H2,1-5H3/t15?,24-/m0/s1. The minimum absolute atomic E-state index is 0.101. The highest BCUT2D eigenvalue weighted by atomic mass is 32.2. The molecule has 3 aliphatic heterocycles. The van der Waals surface area contributed by atoms with E-state index in [9.17, 15) is 10.1 Å². The first kappa shape index (κ1) is 24.1. The second-order valence-electron chi connectivity index (χ2n) is 10.2. The fourth-order valence-corrected chi connectivity index (χ4v) is 6.73. The van der Waals surface area contributed by atoms with Crippen molar-refractivity contribution in [2.75, 3.05) is 48.0 Å². The van der Waals surface area contributed by atoms with Crippen LogP contribution in [-0.2, 0) is 10.2 Å². The van der Waals surface area contributed by atoms with Gasteiger partial charge in [-0.3, -0.25) is 4.79 Å². The third-order valence-corrected chi connectivity index (χ3v) is 9.38. The van der Waals surface area contributed by atoms with Crippen LogP contribution in [0.5, 0.6) is 0 Å². The number of thioether (sulfide) groups is 2. The zero-order valence-corrected chi connectivity index (χ0v) is 22.4.